The third kappa shape index (κ3) is 7.21. The molecule has 2 atom stereocenters. The molecular formula is C32H31BrN4O5. The van der Waals surface area contributed by atoms with Gasteiger partial charge >= 0.3 is 5.97 Å². The van der Waals surface area contributed by atoms with Crippen LogP contribution in [0.25, 0.3) is 5.65 Å². The molecule has 5 rings (SSSR count). The van der Waals surface area contributed by atoms with E-state index in [2.05, 4.69) is 31.3 Å². The highest BCUT2D eigenvalue weighted by Gasteiger charge is 2.28. The Morgan fingerprint density at radius 1 is 0.952 bits per heavy atom. The van der Waals surface area contributed by atoms with E-state index in [4.69, 9.17) is 14.2 Å². The Bertz CT molecular complexity index is 1600. The molecule has 0 aliphatic heterocycles. The number of halogens is 1. The minimum Gasteiger partial charge on any atom is -0.462 e. The first-order chi connectivity index (χ1) is 20.6. The zero-order valence-corrected chi connectivity index (χ0v) is 24.6. The maximum absolute atomic E-state index is 13.0. The normalized spacial score (nSPS) is 12.6. The second-order valence-electron chi connectivity index (χ2n) is 9.47. The molecule has 42 heavy (non-hydrogen) atoms. The van der Waals surface area contributed by atoms with Gasteiger partial charge in [0.05, 0.1) is 26.4 Å². The lowest BCUT2D eigenvalue weighted by Crippen LogP contribution is -2.28. The number of nitrogens with zero attached hydrogens (tertiary/aromatic N) is 3. The topological polar surface area (TPSA) is 107 Å². The van der Waals surface area contributed by atoms with E-state index in [1.165, 1.54) is 4.52 Å². The summed E-state index contributed by atoms with van der Waals surface area (Å²) in [5, 5.41) is 18.2. The number of fused-ring (bicyclic) bond motifs is 1. The molecule has 5 aromatic rings. The summed E-state index contributed by atoms with van der Waals surface area (Å²) in [5.74, 6) is -0.232. The van der Waals surface area contributed by atoms with Gasteiger partial charge in [-0.3, -0.25) is 0 Å². The van der Waals surface area contributed by atoms with Crippen molar-refractivity contribution in [3.63, 3.8) is 0 Å². The van der Waals surface area contributed by atoms with Crippen LogP contribution >= 0.6 is 15.9 Å². The second kappa shape index (κ2) is 14.2. The predicted molar refractivity (Wildman–Crippen MR) is 162 cm³/mol. The number of benzene rings is 3. The fraction of sp³-hybridized carbons (Fsp3) is 0.219. The Hall–Kier alpha value is -4.09. The molecule has 0 aliphatic rings. The van der Waals surface area contributed by atoms with Crippen LogP contribution < -0.4 is 5.32 Å². The first-order valence-corrected chi connectivity index (χ1v) is 14.3. The Balaban J connectivity index is 1.49. The van der Waals surface area contributed by atoms with Crippen LogP contribution in [0.3, 0.4) is 0 Å². The van der Waals surface area contributed by atoms with Crippen molar-refractivity contribution in [2.75, 3.05) is 18.5 Å². The van der Waals surface area contributed by atoms with Gasteiger partial charge in [0.2, 0.25) is 0 Å². The molecule has 0 saturated heterocycles. The van der Waals surface area contributed by atoms with E-state index < -0.39 is 18.2 Å². The number of hydrogen-bond donors (Lipinski definition) is 2. The highest BCUT2D eigenvalue weighted by molar-refractivity contribution is 9.10. The third-order valence-corrected chi connectivity index (χ3v) is 7.03. The minimum absolute atomic E-state index is 0.207. The van der Waals surface area contributed by atoms with Gasteiger partial charge in [0.25, 0.3) is 0 Å². The summed E-state index contributed by atoms with van der Waals surface area (Å²) in [6, 6.07) is 27.0. The number of aliphatic hydroxyl groups excluding tert-OH is 1. The molecule has 0 aliphatic carbocycles. The molecule has 0 unspecified atom stereocenters. The van der Waals surface area contributed by atoms with Crippen molar-refractivity contribution in [2.45, 2.75) is 32.3 Å². The summed E-state index contributed by atoms with van der Waals surface area (Å²) in [6.45, 7) is 2.25. The average molecular weight is 632 g/mol. The molecular weight excluding hydrogens is 600 g/mol. The molecule has 10 heteroatoms. The number of carbonyl (C=O) groups is 1. The van der Waals surface area contributed by atoms with Crippen LogP contribution in [0.5, 0.6) is 0 Å². The lowest BCUT2D eigenvalue weighted by molar-refractivity contribution is -0.106. The number of aliphatic hydroxyl groups is 1. The van der Waals surface area contributed by atoms with Gasteiger partial charge in [-0.1, -0.05) is 76.6 Å². The van der Waals surface area contributed by atoms with E-state index in [1.54, 1.807) is 19.3 Å². The number of anilines is 2. The first-order valence-electron chi connectivity index (χ1n) is 13.6. The number of nitrogens with one attached hydrogen (secondary N) is 1. The van der Waals surface area contributed by atoms with E-state index in [0.29, 0.717) is 23.6 Å². The van der Waals surface area contributed by atoms with Gasteiger partial charge in [-0.05, 0) is 42.3 Å². The molecule has 216 valence electrons. The van der Waals surface area contributed by atoms with Crippen LogP contribution in [-0.2, 0) is 27.4 Å². The van der Waals surface area contributed by atoms with Crippen molar-refractivity contribution in [1.29, 1.82) is 0 Å². The molecule has 0 radical (unpaired) electrons. The molecule has 2 N–H and O–H groups in total. The van der Waals surface area contributed by atoms with Gasteiger partial charge in [0.1, 0.15) is 17.8 Å². The fourth-order valence-corrected chi connectivity index (χ4v) is 4.70. The van der Waals surface area contributed by atoms with Gasteiger partial charge in [-0.15, -0.1) is 5.10 Å². The molecule has 0 spiro atoms. The summed E-state index contributed by atoms with van der Waals surface area (Å²) >= 11 is 3.44. The van der Waals surface area contributed by atoms with Gasteiger partial charge in [0.15, 0.2) is 11.5 Å². The maximum Gasteiger partial charge on any atom is 0.345 e. The van der Waals surface area contributed by atoms with Crippen LogP contribution in [0.15, 0.2) is 102 Å². The average Bonchev–Trinajstić information content (AvgIpc) is 3.38. The van der Waals surface area contributed by atoms with E-state index in [0.717, 1.165) is 21.3 Å². The third-order valence-electron chi connectivity index (χ3n) is 6.50. The molecule has 3 aromatic carbocycles. The van der Waals surface area contributed by atoms with E-state index >= 15 is 0 Å². The second-order valence-corrected chi connectivity index (χ2v) is 10.4. The summed E-state index contributed by atoms with van der Waals surface area (Å²) in [6.07, 6.45) is 1.97. The van der Waals surface area contributed by atoms with Gasteiger partial charge in [0, 0.05) is 28.1 Å². The Labute approximate surface area is 252 Å². The van der Waals surface area contributed by atoms with Crippen molar-refractivity contribution < 1.29 is 24.1 Å². The summed E-state index contributed by atoms with van der Waals surface area (Å²) in [5.41, 5.74) is 3.85. The van der Waals surface area contributed by atoms with Gasteiger partial charge < -0.3 is 24.6 Å². The molecule has 0 bridgehead atoms. The number of hydrogen-bond acceptors (Lipinski definition) is 8. The molecule has 9 nitrogen and oxygen atoms in total. The SMILES string of the molecule is CCOC(=O)c1c(Nc2ccc(Br)cc2)nn2cc([C@@H](OCc3ccccc3)[C@H](CO)OCc3ccccc3)cnc12. The lowest BCUT2D eigenvalue weighted by atomic mass is 10.1. The first kappa shape index (κ1) is 29.4. The van der Waals surface area contributed by atoms with Crippen molar-refractivity contribution in [3.8, 4) is 0 Å². The zero-order chi connectivity index (χ0) is 29.3. The zero-order valence-electron chi connectivity index (χ0n) is 23.0. The maximum atomic E-state index is 13.0. The highest BCUT2D eigenvalue weighted by Crippen LogP contribution is 2.29. The van der Waals surface area contributed by atoms with Gasteiger partial charge in [-0.2, -0.15) is 0 Å². The Morgan fingerprint density at radius 3 is 2.21 bits per heavy atom. The largest absolute Gasteiger partial charge is 0.462 e. The van der Waals surface area contributed by atoms with Crippen LogP contribution in [0, 0.1) is 0 Å². The monoisotopic (exact) mass is 630 g/mol. The predicted octanol–water partition coefficient (Wildman–Crippen LogP) is 6.25. The molecule has 2 aromatic heterocycles. The smallest absolute Gasteiger partial charge is 0.345 e. The number of ether oxygens (including phenoxy) is 3. The lowest BCUT2D eigenvalue weighted by Gasteiger charge is -2.26. The Kier molecular flexibility index (Phi) is 9.94. The van der Waals surface area contributed by atoms with Crippen LogP contribution in [0.1, 0.15) is 40.1 Å². The van der Waals surface area contributed by atoms with Crippen molar-refractivity contribution in [2.24, 2.45) is 0 Å². The number of esters is 1. The van der Waals surface area contributed by atoms with Crippen LogP contribution in [0.4, 0.5) is 11.5 Å². The van der Waals surface area contributed by atoms with Crippen molar-refractivity contribution in [1.82, 2.24) is 14.6 Å². The van der Waals surface area contributed by atoms with Crippen molar-refractivity contribution in [3.05, 3.63) is 124 Å². The summed E-state index contributed by atoms with van der Waals surface area (Å²) in [4.78, 5) is 17.6. The fourth-order valence-electron chi connectivity index (χ4n) is 4.44. The highest BCUT2D eigenvalue weighted by atomic mass is 79.9. The van der Waals surface area contributed by atoms with Gasteiger partial charge in [-0.25, -0.2) is 14.3 Å². The minimum atomic E-state index is -0.700. The molecule has 2 heterocycles. The van der Waals surface area contributed by atoms with E-state index in [1.807, 2.05) is 84.9 Å². The standard InChI is InChI=1S/C32H31BrN4O5/c1-2-40-32(39)28-30(35-26-15-13-25(33)14-16-26)36-37-18-24(17-34-31(28)37)29(42-21-23-11-7-4-8-12-23)27(19-38)41-20-22-9-5-3-6-10-22/h3-18,27,29,38H,2,19-21H2,1H3,(H,35,36)/t27-,29+/m0/s1. The number of rotatable bonds is 13. The summed E-state index contributed by atoms with van der Waals surface area (Å²) < 4.78 is 20.3. The molecule has 0 amide bonds. The Morgan fingerprint density at radius 2 is 1.60 bits per heavy atom. The van der Waals surface area contributed by atoms with E-state index in [-0.39, 0.29) is 25.4 Å². The van der Waals surface area contributed by atoms with Crippen LogP contribution in [0.2, 0.25) is 0 Å². The summed E-state index contributed by atoms with van der Waals surface area (Å²) in [7, 11) is 0. The van der Waals surface area contributed by atoms with E-state index in [9.17, 15) is 9.90 Å². The van der Waals surface area contributed by atoms with Crippen LogP contribution in [-0.4, -0.2) is 45.0 Å². The number of aromatic nitrogens is 3. The van der Waals surface area contributed by atoms with Crippen molar-refractivity contribution >= 4 is 39.1 Å². The molecule has 0 fully saturated rings. The number of carbonyl (C=O) groups excluding carboxylic acids is 1. The molecule has 0 saturated carbocycles. The quantitative estimate of drug-likeness (QED) is 0.147.